The number of hydrogen-bond acceptors (Lipinski definition) is 4. The van der Waals surface area contributed by atoms with Gasteiger partial charge in [-0.3, -0.25) is 0 Å². The van der Waals surface area contributed by atoms with E-state index in [1.807, 2.05) is 0 Å². The van der Waals surface area contributed by atoms with Gasteiger partial charge in [-0.15, -0.1) is 0 Å². The molecule has 0 spiro atoms. The van der Waals surface area contributed by atoms with Gasteiger partial charge >= 0.3 is 5.82 Å². The molecule has 1 aromatic heterocycles. The molecule has 0 aromatic carbocycles. The number of Topliss-reactive ketones (excluding diaryl/α,β-unsaturated/α-hetero) is 1. The summed E-state index contributed by atoms with van der Waals surface area (Å²) in [6, 6.07) is 0. The molecule has 0 aliphatic carbocycles. The molecule has 17 heavy (non-hydrogen) atoms. The van der Waals surface area contributed by atoms with Gasteiger partial charge in [0.25, 0.3) is 0 Å². The van der Waals surface area contributed by atoms with Gasteiger partial charge in [-0.25, -0.2) is 0 Å². The molecule has 0 atom stereocenters. The first-order chi connectivity index (χ1) is 5.18. The molecule has 0 unspecified atom stereocenters. The normalized spacial score (nSPS) is 6.41. The second-order valence-corrected chi connectivity index (χ2v) is 2.18. The first-order valence-corrected chi connectivity index (χ1v) is 3.18. The summed E-state index contributed by atoms with van der Waals surface area (Å²) in [5, 5.41) is 0. The minimum atomic E-state index is -0.774. The van der Waals surface area contributed by atoms with Crippen LogP contribution in [0.1, 0.15) is 19.1 Å². The molecule has 0 fully saturated rings. The van der Waals surface area contributed by atoms with Crippen molar-refractivity contribution in [2.45, 2.75) is 19.8 Å². The van der Waals surface area contributed by atoms with Crippen LogP contribution in [0.4, 0.5) is 0 Å². The molecule has 96 valence electrons. The van der Waals surface area contributed by atoms with Crippen LogP contribution in [0.15, 0.2) is 13.6 Å². The average molecular weight is 1260 g/mol. The molecule has 4 nitrogen and oxygen atoms in total. The summed E-state index contributed by atoms with van der Waals surface area (Å²) < 4.78 is 8.74. The molecule has 0 aliphatic rings. The van der Waals surface area contributed by atoms with Crippen LogP contribution in [0, 0.1) is 6.26 Å². The minimum absolute atomic E-state index is 0. The second kappa shape index (κ2) is 21.1. The largest absolute Gasteiger partial charge is 0.585 e. The first kappa shape index (κ1) is 36.8. The van der Waals surface area contributed by atoms with Gasteiger partial charge in [0.2, 0.25) is 0 Å². The summed E-state index contributed by atoms with van der Waals surface area (Å²) in [7, 11) is 0. The van der Waals surface area contributed by atoms with Gasteiger partial charge in [0.15, 0.2) is 0 Å². The summed E-state index contributed by atoms with van der Waals surface area (Å²) >= 11 is 0. The Morgan fingerprint density at radius 2 is 1.59 bits per heavy atom. The van der Waals surface area contributed by atoms with E-state index in [4.69, 9.17) is 0 Å². The van der Waals surface area contributed by atoms with Gasteiger partial charge in [-0.2, -0.15) is 0 Å². The second-order valence-electron chi connectivity index (χ2n) is 2.18. The smallest absolute Gasteiger partial charge is 0.345 e. The van der Waals surface area contributed by atoms with Crippen LogP contribution in [-0.4, -0.2) is 5.78 Å². The van der Waals surface area contributed by atoms with Gasteiger partial charge < -0.3 is 18.4 Å². The fraction of sp³-hybridized carbons (Fsp3) is 0.429. The molecule has 0 saturated heterocycles. The van der Waals surface area contributed by atoms with E-state index >= 15 is 0 Å². The maximum Gasteiger partial charge on any atom is 0.345 e. The van der Waals surface area contributed by atoms with Crippen LogP contribution in [0.25, 0.3) is 0 Å². The molecule has 1 aromatic rings. The summed E-state index contributed by atoms with van der Waals surface area (Å²) in [6.45, 7) is 1.47. The van der Waals surface area contributed by atoms with Crippen LogP contribution in [0.5, 0.6) is 0 Å². The Labute approximate surface area is 185 Å². The molecule has 0 radical (unpaired) electrons. The monoisotopic (exact) mass is 1260 g/mol. The maximum atomic E-state index is 10.5. The van der Waals surface area contributed by atoms with E-state index in [2.05, 4.69) is 15.1 Å². The Bertz CT molecular complexity index is 309. The fourth-order valence-electron chi connectivity index (χ4n) is 0.632. The van der Waals surface area contributed by atoms with E-state index < -0.39 is 5.82 Å². The first-order valence-electron chi connectivity index (χ1n) is 3.18. The van der Waals surface area contributed by atoms with E-state index in [1.165, 1.54) is 6.92 Å². The van der Waals surface area contributed by atoms with Crippen LogP contribution >= 0.6 is 0 Å². The van der Waals surface area contributed by atoms with Crippen molar-refractivity contribution < 1.29 is 140 Å². The van der Waals surface area contributed by atoms with Gasteiger partial charge in [0, 0.05) is 139 Å². The number of hydrogen-bond donors (Lipinski definition) is 0. The predicted molar refractivity (Wildman–Crippen MR) is 35.1 cm³/mol. The Kier molecular flexibility index (Phi) is 45.6. The topological polar surface area (TPSA) is 60.4 Å². The Morgan fingerprint density at radius 1 is 1.12 bits per heavy atom. The number of carbonyl (C=O) groups excluding carboxylic acids is 1. The van der Waals surface area contributed by atoms with Crippen molar-refractivity contribution in [3.8, 4) is 0 Å². The van der Waals surface area contributed by atoms with Crippen LogP contribution < -0.4 is 5.82 Å². The maximum absolute atomic E-state index is 10.5. The van der Waals surface area contributed by atoms with Gasteiger partial charge in [0.1, 0.15) is 5.78 Å². The molecule has 0 N–H and O–H groups in total. The van der Waals surface area contributed by atoms with E-state index in [-0.39, 0.29) is 132 Å². The van der Waals surface area contributed by atoms with Crippen LogP contribution in [0.2, 0.25) is 0 Å². The standard InChI is InChI=1S/C7H7O4.6W/c1-5(8)2-3-6-4-10-7(9)11-6;;;;;;/h2-3H2,1H3;;;;;;/q-1;;;;;;. The van der Waals surface area contributed by atoms with E-state index in [0.717, 1.165) is 0 Å². The Morgan fingerprint density at radius 3 is 1.88 bits per heavy atom. The number of rotatable bonds is 3. The zero-order valence-corrected chi connectivity index (χ0v) is 26.1. The third kappa shape index (κ3) is 18.8. The quantitative estimate of drug-likeness (QED) is 0.416. The Balaban J connectivity index is -0.0000000504. The van der Waals surface area contributed by atoms with Crippen molar-refractivity contribution in [2.24, 2.45) is 0 Å². The van der Waals surface area contributed by atoms with Crippen molar-refractivity contribution in [1.29, 1.82) is 0 Å². The molecular weight excluding hydrogens is 1250 g/mol. The van der Waals surface area contributed by atoms with Gasteiger partial charge in [-0.05, 0) is 19.6 Å². The van der Waals surface area contributed by atoms with Crippen molar-refractivity contribution in [3.63, 3.8) is 0 Å². The van der Waals surface area contributed by atoms with Crippen molar-refractivity contribution in [1.82, 2.24) is 0 Å². The average Bonchev–Trinajstić information content (AvgIpc) is 2.31. The van der Waals surface area contributed by atoms with Crippen molar-refractivity contribution >= 4 is 5.78 Å². The fourth-order valence-corrected chi connectivity index (χ4v) is 0.632. The Hall–Kier alpha value is 2.81. The molecule has 1 rings (SSSR count). The molecule has 0 aliphatic heterocycles. The van der Waals surface area contributed by atoms with E-state index in [9.17, 15) is 9.59 Å². The third-order valence-corrected chi connectivity index (χ3v) is 1.16. The molecule has 0 bridgehead atoms. The van der Waals surface area contributed by atoms with E-state index in [1.54, 1.807) is 0 Å². The van der Waals surface area contributed by atoms with E-state index in [0.29, 0.717) is 18.6 Å². The molecule has 0 amide bonds. The summed E-state index contributed by atoms with van der Waals surface area (Å²) in [5.74, 6) is -0.434. The molecule has 0 saturated carbocycles. The summed E-state index contributed by atoms with van der Waals surface area (Å²) in [4.78, 5) is 20.7. The summed E-state index contributed by atoms with van der Waals surface area (Å²) in [5.41, 5.74) is 0. The number of ketones is 1. The zero-order chi connectivity index (χ0) is 8.27. The van der Waals surface area contributed by atoms with Gasteiger partial charge in [0.05, 0.1) is 0 Å². The molecule has 1 heterocycles. The number of carbonyl (C=O) groups is 1. The number of aryl methyl sites for hydroxylation is 1. The van der Waals surface area contributed by atoms with Crippen molar-refractivity contribution in [3.05, 3.63) is 22.6 Å². The van der Waals surface area contributed by atoms with Crippen LogP contribution in [0.3, 0.4) is 0 Å². The summed E-state index contributed by atoms with van der Waals surface area (Å²) in [6.07, 6.45) is 2.98. The van der Waals surface area contributed by atoms with Crippen LogP contribution in [-0.2, 0) is 138 Å². The predicted octanol–water partition coefficient (Wildman–Crippen LogP) is 0.540. The zero-order valence-electron chi connectivity index (χ0n) is 8.50. The van der Waals surface area contributed by atoms with Gasteiger partial charge in [-0.1, -0.05) is 0 Å². The molecular formula is C7H7O4W6-. The van der Waals surface area contributed by atoms with Crippen molar-refractivity contribution in [2.75, 3.05) is 0 Å². The molecule has 10 heteroatoms. The minimum Gasteiger partial charge on any atom is -0.585 e. The third-order valence-electron chi connectivity index (χ3n) is 1.16. The SMILES string of the molecule is CC(=O)CCc1[c-]oc(=O)o1.[W].[W].[W].[W].[W].[W].